The predicted molar refractivity (Wildman–Crippen MR) is 96.7 cm³/mol. The molecule has 6 nitrogen and oxygen atoms in total. The van der Waals surface area contributed by atoms with Crippen LogP contribution in [0.1, 0.15) is 44.7 Å². The van der Waals surface area contributed by atoms with Gasteiger partial charge in [-0.05, 0) is 63.6 Å². The quantitative estimate of drug-likeness (QED) is 0.800. The third-order valence-electron chi connectivity index (χ3n) is 4.06. The Bertz CT molecular complexity index is 622. The first-order valence-corrected chi connectivity index (χ1v) is 8.72. The van der Waals surface area contributed by atoms with Crippen molar-refractivity contribution in [3.8, 4) is 0 Å². The maximum absolute atomic E-state index is 12.1. The highest BCUT2D eigenvalue weighted by molar-refractivity contribution is 5.81. The number of rotatable bonds is 5. The van der Waals surface area contributed by atoms with Crippen molar-refractivity contribution in [3.05, 3.63) is 29.3 Å². The van der Waals surface area contributed by atoms with E-state index in [2.05, 4.69) is 16.7 Å². The first kappa shape index (κ1) is 19.1. The Morgan fingerprint density at radius 2 is 1.92 bits per heavy atom. The van der Waals surface area contributed by atoms with Crippen molar-refractivity contribution < 1.29 is 19.1 Å². The largest absolute Gasteiger partial charge is 0.467 e. The molecule has 1 aromatic rings. The standard InChI is InChI=1S/C19H28N2O4/c1-19(2,3)25-18(23)20-12-16(17(22)24-4)21-15-11-7-9-13-8-5-6-10-14(13)15/h7,9,11,16,21H,5-6,8,10,12H2,1-4H3,(H,20,23). The van der Waals surface area contributed by atoms with Gasteiger partial charge in [0.2, 0.25) is 0 Å². The molecule has 0 spiro atoms. The van der Waals surface area contributed by atoms with Crippen LogP contribution < -0.4 is 10.6 Å². The van der Waals surface area contributed by atoms with E-state index in [0.717, 1.165) is 24.9 Å². The van der Waals surface area contributed by atoms with Gasteiger partial charge in [0.1, 0.15) is 11.6 Å². The number of fused-ring (bicyclic) bond motifs is 1. The molecular weight excluding hydrogens is 320 g/mol. The van der Waals surface area contributed by atoms with Crippen LogP contribution in [0, 0.1) is 0 Å². The monoisotopic (exact) mass is 348 g/mol. The van der Waals surface area contributed by atoms with Gasteiger partial charge in [-0.1, -0.05) is 12.1 Å². The summed E-state index contributed by atoms with van der Waals surface area (Å²) in [5, 5.41) is 5.86. The van der Waals surface area contributed by atoms with E-state index in [-0.39, 0.29) is 6.54 Å². The number of hydrogen-bond donors (Lipinski definition) is 2. The summed E-state index contributed by atoms with van der Waals surface area (Å²) in [6, 6.07) is 5.41. The van der Waals surface area contributed by atoms with Crippen LogP contribution in [-0.2, 0) is 27.1 Å². The van der Waals surface area contributed by atoms with Gasteiger partial charge in [0, 0.05) is 5.69 Å². The minimum absolute atomic E-state index is 0.0885. The number of hydrogen-bond acceptors (Lipinski definition) is 5. The molecule has 25 heavy (non-hydrogen) atoms. The maximum atomic E-state index is 12.1. The molecule has 0 aromatic heterocycles. The second-order valence-corrected chi connectivity index (χ2v) is 7.25. The molecular formula is C19H28N2O4. The summed E-state index contributed by atoms with van der Waals surface area (Å²) in [7, 11) is 1.34. The fourth-order valence-corrected chi connectivity index (χ4v) is 2.94. The zero-order chi connectivity index (χ0) is 18.4. The average molecular weight is 348 g/mol. The van der Waals surface area contributed by atoms with E-state index in [9.17, 15) is 9.59 Å². The maximum Gasteiger partial charge on any atom is 0.407 e. The number of carbonyl (C=O) groups is 2. The van der Waals surface area contributed by atoms with Crippen LogP contribution in [0.4, 0.5) is 10.5 Å². The lowest BCUT2D eigenvalue weighted by Crippen LogP contribution is -2.44. The molecule has 0 saturated heterocycles. The van der Waals surface area contributed by atoms with E-state index in [1.165, 1.54) is 24.7 Å². The smallest absolute Gasteiger partial charge is 0.407 e. The number of amides is 1. The minimum Gasteiger partial charge on any atom is -0.467 e. The molecule has 1 amide bonds. The van der Waals surface area contributed by atoms with Gasteiger partial charge in [0.05, 0.1) is 13.7 Å². The van der Waals surface area contributed by atoms with Crippen molar-refractivity contribution in [2.45, 2.75) is 58.1 Å². The van der Waals surface area contributed by atoms with Crippen LogP contribution in [-0.4, -0.2) is 37.4 Å². The fourth-order valence-electron chi connectivity index (χ4n) is 2.94. The molecule has 6 heteroatoms. The number of ether oxygens (including phenoxy) is 2. The molecule has 0 heterocycles. The van der Waals surface area contributed by atoms with E-state index in [1.54, 1.807) is 20.8 Å². The highest BCUT2D eigenvalue weighted by Crippen LogP contribution is 2.28. The second-order valence-electron chi connectivity index (χ2n) is 7.25. The SMILES string of the molecule is COC(=O)C(CNC(=O)OC(C)(C)C)Nc1cccc2c1CCCC2. The molecule has 2 rings (SSSR count). The van der Waals surface area contributed by atoms with Gasteiger partial charge in [0.25, 0.3) is 0 Å². The van der Waals surface area contributed by atoms with Gasteiger partial charge in [-0.3, -0.25) is 0 Å². The predicted octanol–water partition coefficient (Wildman–Crippen LogP) is 3.04. The number of carbonyl (C=O) groups excluding carboxylic acids is 2. The fraction of sp³-hybridized carbons (Fsp3) is 0.579. The molecule has 138 valence electrons. The van der Waals surface area contributed by atoms with Gasteiger partial charge in [-0.25, -0.2) is 9.59 Å². The molecule has 2 N–H and O–H groups in total. The third kappa shape index (κ3) is 5.66. The summed E-state index contributed by atoms with van der Waals surface area (Å²) >= 11 is 0. The van der Waals surface area contributed by atoms with Crippen LogP contribution >= 0.6 is 0 Å². The Labute approximate surface area is 149 Å². The zero-order valence-corrected chi connectivity index (χ0v) is 15.5. The summed E-state index contributed by atoms with van der Waals surface area (Å²) in [6.07, 6.45) is 3.83. The second kappa shape index (κ2) is 8.23. The van der Waals surface area contributed by atoms with Gasteiger partial charge in [0.15, 0.2) is 0 Å². The lowest BCUT2D eigenvalue weighted by atomic mass is 9.90. The normalized spacial score (nSPS) is 14.9. The Morgan fingerprint density at radius 1 is 1.20 bits per heavy atom. The summed E-state index contributed by atoms with van der Waals surface area (Å²) in [6.45, 7) is 5.46. The lowest BCUT2D eigenvalue weighted by Gasteiger charge is -2.25. The third-order valence-corrected chi connectivity index (χ3v) is 4.06. The van der Waals surface area contributed by atoms with E-state index in [4.69, 9.17) is 9.47 Å². The summed E-state index contributed by atoms with van der Waals surface area (Å²) < 4.78 is 10.1. The topological polar surface area (TPSA) is 76.7 Å². The van der Waals surface area contributed by atoms with Crippen LogP contribution in [0.2, 0.25) is 0 Å². The van der Waals surface area contributed by atoms with E-state index >= 15 is 0 Å². The first-order chi connectivity index (χ1) is 11.8. The molecule has 1 aliphatic rings. The van der Waals surface area contributed by atoms with Crippen molar-refractivity contribution in [1.82, 2.24) is 5.32 Å². The van der Waals surface area contributed by atoms with Crippen molar-refractivity contribution in [2.24, 2.45) is 0 Å². The van der Waals surface area contributed by atoms with E-state index in [0.29, 0.717) is 0 Å². The van der Waals surface area contributed by atoms with E-state index in [1.807, 2.05) is 12.1 Å². The van der Waals surface area contributed by atoms with E-state index < -0.39 is 23.7 Å². The molecule has 1 atom stereocenters. The molecule has 0 saturated carbocycles. The lowest BCUT2D eigenvalue weighted by molar-refractivity contribution is -0.141. The van der Waals surface area contributed by atoms with Crippen molar-refractivity contribution >= 4 is 17.7 Å². The molecule has 1 unspecified atom stereocenters. The van der Waals surface area contributed by atoms with Gasteiger partial charge < -0.3 is 20.1 Å². The number of benzene rings is 1. The van der Waals surface area contributed by atoms with Crippen LogP contribution in [0.15, 0.2) is 18.2 Å². The van der Waals surface area contributed by atoms with Crippen LogP contribution in [0.3, 0.4) is 0 Å². The minimum atomic E-state index is -0.675. The molecule has 1 aromatic carbocycles. The molecule has 1 aliphatic carbocycles. The Morgan fingerprint density at radius 3 is 2.60 bits per heavy atom. The number of aryl methyl sites for hydroxylation is 1. The first-order valence-electron chi connectivity index (χ1n) is 8.72. The van der Waals surface area contributed by atoms with Gasteiger partial charge in [-0.15, -0.1) is 0 Å². The number of esters is 1. The average Bonchev–Trinajstić information content (AvgIpc) is 2.56. The molecule has 0 fully saturated rings. The summed E-state index contributed by atoms with van der Waals surface area (Å²) in [5.74, 6) is -0.426. The Kier molecular flexibility index (Phi) is 6.28. The molecule has 0 aliphatic heterocycles. The highest BCUT2D eigenvalue weighted by atomic mass is 16.6. The molecule has 0 radical (unpaired) electrons. The Balaban J connectivity index is 2.06. The highest BCUT2D eigenvalue weighted by Gasteiger charge is 2.24. The number of alkyl carbamates (subject to hydrolysis) is 1. The van der Waals surface area contributed by atoms with Crippen LogP contribution in [0.5, 0.6) is 0 Å². The number of methoxy groups -OCH3 is 1. The van der Waals surface area contributed by atoms with Crippen molar-refractivity contribution in [2.75, 3.05) is 19.0 Å². The molecule has 0 bridgehead atoms. The number of nitrogens with one attached hydrogen (secondary N) is 2. The van der Waals surface area contributed by atoms with Gasteiger partial charge in [-0.2, -0.15) is 0 Å². The Hall–Kier alpha value is -2.24. The van der Waals surface area contributed by atoms with Crippen molar-refractivity contribution in [3.63, 3.8) is 0 Å². The van der Waals surface area contributed by atoms with Gasteiger partial charge >= 0.3 is 12.1 Å². The number of anilines is 1. The summed E-state index contributed by atoms with van der Waals surface area (Å²) in [5.41, 5.74) is 2.91. The van der Waals surface area contributed by atoms with Crippen molar-refractivity contribution in [1.29, 1.82) is 0 Å². The zero-order valence-electron chi connectivity index (χ0n) is 15.5. The summed E-state index contributed by atoms with van der Waals surface area (Å²) in [4.78, 5) is 24.0. The van der Waals surface area contributed by atoms with Crippen LogP contribution in [0.25, 0.3) is 0 Å².